The van der Waals surface area contributed by atoms with E-state index in [0.717, 1.165) is 11.1 Å². The van der Waals surface area contributed by atoms with E-state index >= 15 is 0 Å². The van der Waals surface area contributed by atoms with E-state index < -0.39 is 18.4 Å². The van der Waals surface area contributed by atoms with Crippen molar-refractivity contribution >= 4 is 23.5 Å². The van der Waals surface area contributed by atoms with E-state index in [9.17, 15) is 9.59 Å². The molecule has 27 heavy (non-hydrogen) atoms. The number of aromatic nitrogens is 3. The number of hydrogen-bond acceptors (Lipinski definition) is 6. The maximum Gasteiger partial charge on any atom is 0.322 e. The Morgan fingerprint density at radius 3 is 2.74 bits per heavy atom. The van der Waals surface area contributed by atoms with Crippen molar-refractivity contribution in [3.8, 4) is 11.3 Å². The molecule has 2 aromatic heterocycles. The van der Waals surface area contributed by atoms with Gasteiger partial charge in [-0.2, -0.15) is 0 Å². The first kappa shape index (κ1) is 18.0. The number of aliphatic carboxylic acids is 1. The summed E-state index contributed by atoms with van der Waals surface area (Å²) < 4.78 is 0. The van der Waals surface area contributed by atoms with Gasteiger partial charge in [0.05, 0.1) is 5.69 Å². The molecule has 0 fully saturated rings. The number of carboxylic acids is 1. The average Bonchev–Trinajstić information content (AvgIpc) is 2.68. The van der Waals surface area contributed by atoms with Crippen LogP contribution in [0.25, 0.3) is 11.3 Å². The number of nitrogens with zero attached hydrogens (tertiary/aromatic N) is 3. The Balaban J connectivity index is 1.82. The van der Waals surface area contributed by atoms with Crippen molar-refractivity contribution in [3.63, 3.8) is 0 Å². The van der Waals surface area contributed by atoms with Crippen LogP contribution in [0.3, 0.4) is 0 Å². The van der Waals surface area contributed by atoms with Crippen LogP contribution in [-0.4, -0.2) is 38.5 Å². The summed E-state index contributed by atoms with van der Waals surface area (Å²) in [7, 11) is 0. The molecular formula is C19H17N5O3. The maximum atomic E-state index is 12.1. The molecule has 0 spiro atoms. The number of benzene rings is 1. The van der Waals surface area contributed by atoms with Gasteiger partial charge in [-0.1, -0.05) is 6.07 Å². The molecule has 0 aliphatic rings. The molecule has 3 aromatic rings. The van der Waals surface area contributed by atoms with E-state index in [1.807, 2.05) is 19.1 Å². The Hall–Kier alpha value is -3.81. The zero-order valence-corrected chi connectivity index (χ0v) is 14.5. The van der Waals surface area contributed by atoms with Crippen LogP contribution < -0.4 is 10.6 Å². The number of nitrogens with one attached hydrogen (secondary N) is 2. The Morgan fingerprint density at radius 1 is 1.15 bits per heavy atom. The lowest BCUT2D eigenvalue weighted by atomic mass is 10.1. The highest BCUT2D eigenvalue weighted by atomic mass is 16.4. The van der Waals surface area contributed by atoms with Crippen LogP contribution in [0, 0.1) is 6.92 Å². The molecule has 1 amide bonds. The highest BCUT2D eigenvalue weighted by Gasteiger charge is 2.11. The Bertz CT molecular complexity index is 976. The van der Waals surface area contributed by atoms with Crippen LogP contribution in [0.15, 0.2) is 55.0 Å². The fourth-order valence-electron chi connectivity index (χ4n) is 2.37. The minimum atomic E-state index is -1.10. The van der Waals surface area contributed by atoms with Gasteiger partial charge in [0.2, 0.25) is 5.95 Å². The third-order valence-corrected chi connectivity index (χ3v) is 3.76. The monoisotopic (exact) mass is 363 g/mol. The first-order valence-corrected chi connectivity index (χ1v) is 8.14. The number of carbonyl (C=O) groups excluding carboxylic acids is 1. The van der Waals surface area contributed by atoms with Crippen molar-refractivity contribution in [2.24, 2.45) is 0 Å². The van der Waals surface area contributed by atoms with Crippen LogP contribution in [0.1, 0.15) is 15.9 Å². The molecule has 0 aliphatic carbocycles. The number of carboxylic acid groups (broad SMARTS) is 1. The quantitative estimate of drug-likeness (QED) is 0.615. The van der Waals surface area contributed by atoms with E-state index in [1.165, 1.54) is 0 Å². The molecule has 3 rings (SSSR count). The van der Waals surface area contributed by atoms with Gasteiger partial charge >= 0.3 is 5.97 Å². The minimum absolute atomic E-state index is 0.341. The Labute approximate surface area is 155 Å². The number of carbonyl (C=O) groups is 2. The molecule has 3 N–H and O–H groups in total. The van der Waals surface area contributed by atoms with Gasteiger partial charge in [0.1, 0.15) is 6.54 Å². The van der Waals surface area contributed by atoms with Gasteiger partial charge in [0.25, 0.3) is 5.91 Å². The summed E-state index contributed by atoms with van der Waals surface area (Å²) in [6.45, 7) is 1.44. The van der Waals surface area contributed by atoms with Crippen LogP contribution >= 0.6 is 0 Å². The number of hydrogen-bond donors (Lipinski definition) is 3. The summed E-state index contributed by atoms with van der Waals surface area (Å²) in [5.74, 6) is -1.19. The fourth-order valence-corrected chi connectivity index (χ4v) is 2.37. The van der Waals surface area contributed by atoms with Crippen molar-refractivity contribution in [3.05, 3.63) is 66.1 Å². The van der Waals surface area contributed by atoms with Gasteiger partial charge in [-0.15, -0.1) is 0 Å². The summed E-state index contributed by atoms with van der Waals surface area (Å²) >= 11 is 0. The zero-order chi connectivity index (χ0) is 19.2. The first-order valence-electron chi connectivity index (χ1n) is 8.14. The van der Waals surface area contributed by atoms with Crippen LogP contribution in [-0.2, 0) is 4.79 Å². The standard InChI is InChI=1S/C19H17N5O3/c1-12-4-5-13(18(27)22-11-17(25)26)9-16(12)24-19-21-8-6-15(23-19)14-3-2-7-20-10-14/h2-10H,11H2,1H3,(H,22,27)(H,25,26)(H,21,23,24). The van der Waals surface area contributed by atoms with Gasteiger partial charge in [-0.25, -0.2) is 9.97 Å². The molecule has 0 atom stereocenters. The fraction of sp³-hybridized carbons (Fsp3) is 0.105. The van der Waals surface area contributed by atoms with E-state index in [-0.39, 0.29) is 0 Å². The summed E-state index contributed by atoms with van der Waals surface area (Å²) in [6, 6.07) is 10.5. The van der Waals surface area contributed by atoms with Crippen molar-refractivity contribution < 1.29 is 14.7 Å². The average molecular weight is 363 g/mol. The normalized spacial score (nSPS) is 10.3. The summed E-state index contributed by atoms with van der Waals surface area (Å²) in [5.41, 5.74) is 3.46. The predicted molar refractivity (Wildman–Crippen MR) is 99.7 cm³/mol. The molecule has 0 bridgehead atoms. The van der Waals surface area contributed by atoms with Gasteiger partial charge in [0.15, 0.2) is 0 Å². The molecule has 0 saturated carbocycles. The minimum Gasteiger partial charge on any atom is -0.480 e. The molecule has 0 radical (unpaired) electrons. The van der Waals surface area contributed by atoms with Crippen LogP contribution in [0.2, 0.25) is 0 Å². The lowest BCUT2D eigenvalue weighted by Crippen LogP contribution is -2.29. The second-order valence-electron chi connectivity index (χ2n) is 5.74. The van der Waals surface area contributed by atoms with E-state index in [2.05, 4.69) is 25.6 Å². The van der Waals surface area contributed by atoms with E-state index in [1.54, 1.807) is 42.9 Å². The zero-order valence-electron chi connectivity index (χ0n) is 14.5. The van der Waals surface area contributed by atoms with Crippen molar-refractivity contribution in [1.29, 1.82) is 0 Å². The van der Waals surface area contributed by atoms with Gasteiger partial charge in [0, 0.05) is 35.4 Å². The molecule has 0 saturated heterocycles. The topological polar surface area (TPSA) is 117 Å². The molecule has 8 heteroatoms. The highest BCUT2D eigenvalue weighted by Crippen LogP contribution is 2.22. The maximum absolute atomic E-state index is 12.1. The SMILES string of the molecule is Cc1ccc(C(=O)NCC(=O)O)cc1Nc1nccc(-c2cccnc2)n1. The van der Waals surface area contributed by atoms with Crippen molar-refractivity contribution in [2.75, 3.05) is 11.9 Å². The van der Waals surface area contributed by atoms with Crippen molar-refractivity contribution in [2.45, 2.75) is 6.92 Å². The van der Waals surface area contributed by atoms with E-state index in [4.69, 9.17) is 5.11 Å². The largest absolute Gasteiger partial charge is 0.480 e. The van der Waals surface area contributed by atoms with Gasteiger partial charge < -0.3 is 15.7 Å². The second kappa shape index (κ2) is 8.05. The molecular weight excluding hydrogens is 346 g/mol. The number of aryl methyl sites for hydroxylation is 1. The lowest BCUT2D eigenvalue weighted by molar-refractivity contribution is -0.135. The van der Waals surface area contributed by atoms with Crippen molar-refractivity contribution in [1.82, 2.24) is 20.3 Å². The van der Waals surface area contributed by atoms with Gasteiger partial charge in [-0.3, -0.25) is 14.6 Å². The third-order valence-electron chi connectivity index (χ3n) is 3.76. The first-order chi connectivity index (χ1) is 13.0. The molecule has 136 valence electrons. The molecule has 0 aliphatic heterocycles. The predicted octanol–water partition coefficient (Wildman–Crippen LogP) is 2.41. The summed E-state index contributed by atoms with van der Waals surface area (Å²) in [5, 5.41) is 14.1. The second-order valence-corrected chi connectivity index (χ2v) is 5.74. The third kappa shape index (κ3) is 4.63. The molecule has 0 unspecified atom stereocenters. The number of pyridine rings is 1. The van der Waals surface area contributed by atoms with Crippen LogP contribution in [0.4, 0.5) is 11.6 Å². The highest BCUT2D eigenvalue weighted by molar-refractivity contribution is 5.96. The van der Waals surface area contributed by atoms with E-state index in [0.29, 0.717) is 22.9 Å². The number of amides is 1. The Morgan fingerprint density at radius 2 is 2.00 bits per heavy atom. The molecule has 1 aromatic carbocycles. The number of rotatable bonds is 6. The lowest BCUT2D eigenvalue weighted by Gasteiger charge is -2.11. The summed E-state index contributed by atoms with van der Waals surface area (Å²) in [4.78, 5) is 35.4. The molecule has 2 heterocycles. The van der Waals surface area contributed by atoms with Gasteiger partial charge in [-0.05, 0) is 42.8 Å². The van der Waals surface area contributed by atoms with Crippen LogP contribution in [0.5, 0.6) is 0 Å². The smallest absolute Gasteiger partial charge is 0.322 e. The molecule has 8 nitrogen and oxygen atoms in total. The Kier molecular flexibility index (Phi) is 5.36. The number of anilines is 2. The summed E-state index contributed by atoms with van der Waals surface area (Å²) in [6.07, 6.45) is 5.04.